The predicted octanol–water partition coefficient (Wildman–Crippen LogP) is 8.85. The van der Waals surface area contributed by atoms with Crippen molar-refractivity contribution < 1.29 is 62.7 Å². The molecule has 1 unspecified atom stereocenters. The van der Waals surface area contributed by atoms with E-state index in [2.05, 4.69) is 39.2 Å². The fourth-order valence-electron chi connectivity index (χ4n) is 18.3. The van der Waals surface area contributed by atoms with Crippen molar-refractivity contribution in [1.29, 1.82) is 0 Å². The largest absolute Gasteiger partial charge is 0.368 e. The van der Waals surface area contributed by atoms with E-state index in [4.69, 9.17) is 5.73 Å². The van der Waals surface area contributed by atoms with Gasteiger partial charge in [-0.15, -0.1) is 0 Å². The van der Waals surface area contributed by atoms with Crippen LogP contribution in [0.4, 0.5) is 0 Å². The minimum absolute atomic E-state index is 0.00650. The smallest absolute Gasteiger partial charge is 0.246 e. The summed E-state index contributed by atoms with van der Waals surface area (Å²) in [6.45, 7) is 18.5. The lowest BCUT2D eigenvalue weighted by molar-refractivity contribution is -0.181. The van der Waals surface area contributed by atoms with Gasteiger partial charge in [0.15, 0.2) is 0 Å². The molecule has 25 nitrogen and oxygen atoms in total. The molecule has 5 saturated carbocycles. The van der Waals surface area contributed by atoms with Crippen molar-refractivity contribution in [3.05, 3.63) is 104 Å². The number of nitrogens with two attached hydrogens (primary N) is 1. The molecule has 608 valence electrons. The molecule has 111 heavy (non-hydrogen) atoms. The predicted molar refractivity (Wildman–Crippen MR) is 424 cm³/mol. The van der Waals surface area contributed by atoms with Crippen LogP contribution in [0.25, 0.3) is 0 Å². The monoisotopic (exact) mass is 1530 g/mol. The number of hydroxylamine groups is 2. The lowest BCUT2D eigenvalue weighted by atomic mass is 9.64. The Labute approximate surface area is 657 Å². The Morgan fingerprint density at radius 3 is 1.65 bits per heavy atom. The van der Waals surface area contributed by atoms with Crippen LogP contribution in [0, 0.1) is 29.6 Å². The molecule has 25 heteroatoms. The standard InChI is InChI=1S/C86H126N12O13/c1-14-16-17-18-20-27-67(84(108)96(13)74(40-52(7)8)86(110)95(12)72(81(105)90-68(78(87)102)38-50(3)4)47-66-63-45-64(66)59-33-32-58(63)43-59)89-79(103)53(9)88-75(99)48-70(85(109)97-36-21-19-22-37-97)92-80(104)71(46-65-61-34-35-62(65)57-31-30-56(61)42-57)94(11)77(101)49-93(10)83(107)69(44-60-41-54-25-23-26-55(60)29-28-54)91-82(106)73(39-51(5)6)98(111)76(100)24-15-2/h14,16-18,20,41,50-53,65-74,111H,1,15,19,21-40,42-49H2,2-13H3,(H2,87,102)(H,88,99)(H,89,103)(H,90,105)(H,91,106)(H,92,104)/b17-16-,20-18+/t53-,67-,68-,69-,70?,71-,72-,73-,74-/m0/s1. The minimum atomic E-state index is -1.48. The normalized spacial score (nSPS) is 19.8. The molecule has 1 saturated heterocycles. The van der Waals surface area contributed by atoms with Gasteiger partial charge in [0.25, 0.3) is 0 Å². The van der Waals surface area contributed by atoms with E-state index in [9.17, 15) is 38.8 Å². The first-order valence-corrected chi connectivity index (χ1v) is 41.1. The Morgan fingerprint density at radius 2 is 1.06 bits per heavy atom. The number of hydrogen-bond donors (Lipinski definition) is 7. The maximum Gasteiger partial charge on any atom is 0.246 e. The Bertz CT molecular complexity index is 3780. The van der Waals surface area contributed by atoms with E-state index in [1.165, 1.54) is 103 Å². The number of likely N-dealkylation sites (tertiary alicyclic amines) is 1. The average molecular weight is 1540 g/mol. The van der Waals surface area contributed by atoms with Crippen molar-refractivity contribution in [2.24, 2.45) is 35.3 Å². The number of amides is 12. The Hall–Kier alpha value is -8.74. The highest BCUT2D eigenvalue weighted by atomic mass is 16.5. The zero-order chi connectivity index (χ0) is 80.8. The molecule has 9 atom stereocenters. The zero-order valence-electron chi connectivity index (χ0n) is 68.1. The highest BCUT2D eigenvalue weighted by molar-refractivity contribution is 5.99. The second kappa shape index (κ2) is 39.1. The van der Waals surface area contributed by atoms with E-state index in [0.717, 1.165) is 102 Å². The zero-order valence-corrected chi connectivity index (χ0v) is 68.1. The van der Waals surface area contributed by atoms with Gasteiger partial charge in [-0.1, -0.05) is 147 Å². The summed E-state index contributed by atoms with van der Waals surface area (Å²) in [5.74, 6) is -8.19. The van der Waals surface area contributed by atoms with E-state index in [-0.39, 0.29) is 81.0 Å². The molecule has 0 spiro atoms. The highest BCUT2D eigenvalue weighted by Crippen LogP contribution is 2.57. The van der Waals surface area contributed by atoms with Gasteiger partial charge < -0.3 is 56.8 Å². The van der Waals surface area contributed by atoms with Crippen molar-refractivity contribution in [2.75, 3.05) is 47.8 Å². The van der Waals surface area contributed by atoms with Crippen molar-refractivity contribution in [3.63, 3.8) is 0 Å². The number of nitrogens with zero attached hydrogens (tertiary/aromatic N) is 6. The quantitative estimate of drug-likeness (QED) is 0.0131. The minimum Gasteiger partial charge on any atom is -0.368 e. The Morgan fingerprint density at radius 1 is 0.532 bits per heavy atom. The summed E-state index contributed by atoms with van der Waals surface area (Å²) < 4.78 is 0. The third-order valence-electron chi connectivity index (χ3n) is 24.5. The van der Waals surface area contributed by atoms with Crippen molar-refractivity contribution in [1.82, 2.24) is 56.1 Å². The van der Waals surface area contributed by atoms with Crippen LogP contribution in [0.1, 0.15) is 229 Å². The second-order valence-corrected chi connectivity index (χ2v) is 34.0. The summed E-state index contributed by atoms with van der Waals surface area (Å²) in [5, 5.41) is 26.0. The second-order valence-electron chi connectivity index (χ2n) is 34.0. The molecule has 8 N–H and O–H groups in total. The number of nitrogens with one attached hydrogen (secondary N) is 5. The summed E-state index contributed by atoms with van der Waals surface area (Å²) in [6, 6.07) is -11.1. The third-order valence-corrected chi connectivity index (χ3v) is 24.5. The number of rotatable bonds is 40. The molecule has 0 aromatic rings. The lowest BCUT2D eigenvalue weighted by Crippen LogP contribution is -2.60. The number of fused-ring (bicyclic) bond motifs is 8. The van der Waals surface area contributed by atoms with Gasteiger partial charge >= 0.3 is 0 Å². The van der Waals surface area contributed by atoms with Gasteiger partial charge in [0.2, 0.25) is 70.9 Å². The fourth-order valence-corrected chi connectivity index (χ4v) is 18.3. The number of hydrogen-bond acceptors (Lipinski definition) is 13. The number of primary amides is 1. The van der Waals surface area contributed by atoms with Gasteiger partial charge in [0.05, 0.1) is 13.0 Å². The molecule has 1 heterocycles. The van der Waals surface area contributed by atoms with Crippen LogP contribution in [0.5, 0.6) is 0 Å². The molecule has 0 radical (unpaired) electrons. The van der Waals surface area contributed by atoms with E-state index >= 15 is 24.0 Å². The van der Waals surface area contributed by atoms with Crippen LogP contribution in [0.2, 0.25) is 0 Å². The van der Waals surface area contributed by atoms with Gasteiger partial charge in [-0.2, -0.15) is 0 Å². The molecule has 0 aromatic carbocycles. The van der Waals surface area contributed by atoms with Crippen molar-refractivity contribution in [2.45, 2.75) is 283 Å². The van der Waals surface area contributed by atoms with Gasteiger partial charge in [-0.25, -0.2) is 5.06 Å². The number of carbonyl (C=O) groups excluding carboxylic acids is 12. The van der Waals surface area contributed by atoms with Crippen LogP contribution in [0.15, 0.2) is 104 Å². The first-order valence-electron chi connectivity index (χ1n) is 41.1. The summed E-state index contributed by atoms with van der Waals surface area (Å²) in [5.41, 5.74) is 19.8. The van der Waals surface area contributed by atoms with Crippen molar-refractivity contribution in [3.8, 4) is 0 Å². The molecule has 10 bridgehead atoms. The summed E-state index contributed by atoms with van der Waals surface area (Å²) in [7, 11) is 5.99. The number of likely N-dealkylation sites (N-methyl/N-ethyl adjacent to an activating group) is 4. The summed E-state index contributed by atoms with van der Waals surface area (Å²) >= 11 is 0. The van der Waals surface area contributed by atoms with Crippen LogP contribution in [-0.2, 0) is 57.5 Å². The van der Waals surface area contributed by atoms with Gasteiger partial charge in [-0.05, 0) is 184 Å². The van der Waals surface area contributed by atoms with E-state index in [1.54, 1.807) is 49.3 Å². The Balaban J connectivity index is 0.936. The maximum absolute atomic E-state index is 15.6. The summed E-state index contributed by atoms with van der Waals surface area (Å²) in [4.78, 5) is 182. The first-order chi connectivity index (χ1) is 52.8. The van der Waals surface area contributed by atoms with E-state index in [0.29, 0.717) is 37.4 Å². The number of carbonyl (C=O) groups is 12. The summed E-state index contributed by atoms with van der Waals surface area (Å²) in [6.07, 6.45) is 26.0. The van der Waals surface area contributed by atoms with Crippen LogP contribution in [0.3, 0.4) is 0 Å². The number of allylic oxidation sites excluding steroid dienone is 15. The molecule has 10 aliphatic carbocycles. The molecule has 11 rings (SSSR count). The average Bonchev–Trinajstić information content (AvgIpc) is 1.65. The molecule has 6 fully saturated rings. The van der Waals surface area contributed by atoms with Crippen LogP contribution in [-0.4, -0.2) is 208 Å². The molecule has 11 aliphatic rings. The topological polar surface area (TPSA) is 331 Å². The lowest BCUT2D eigenvalue weighted by Gasteiger charge is -2.43. The van der Waals surface area contributed by atoms with Gasteiger partial charge in [0, 0.05) is 66.0 Å². The molecule has 0 aromatic heterocycles. The SMILES string of the molecule is C=C/C=C\C=C\C[C@H](NC(=O)[C@H](C)NC(=O)CC(NC(=O)[C@H](CC1C2=C3CCC(=C1CC2)C3)N(C)C(=O)CN(C)C(=O)[C@H](CC1=C2CCCC(=C1)CC2)NC(=O)[C@H](CC(C)C)N(O)C(=O)CCC)C(=O)N1CCCCC1)C(=O)N(C)[C@@H](CC(C)C)C(=O)N(C)[C@@H](CC1C2=C3CCC(=C1C2)C3)C(=O)N[C@@H](CC(C)C)C(N)=O. The van der Waals surface area contributed by atoms with Gasteiger partial charge in [-0.3, -0.25) is 62.7 Å². The first kappa shape index (κ1) is 86.2. The molecule has 1 aliphatic heterocycles. The van der Waals surface area contributed by atoms with Crippen molar-refractivity contribution >= 4 is 70.9 Å². The van der Waals surface area contributed by atoms with E-state index in [1.807, 2.05) is 41.5 Å². The van der Waals surface area contributed by atoms with Gasteiger partial charge in [0.1, 0.15) is 54.4 Å². The highest BCUT2D eigenvalue weighted by Gasteiger charge is 2.48. The van der Waals surface area contributed by atoms with E-state index < -0.39 is 138 Å². The molecule has 12 amide bonds. The Kier molecular flexibility index (Phi) is 30.4. The maximum atomic E-state index is 15.6. The fraction of sp³-hybridized carbons (Fsp3) is 0.651. The van der Waals surface area contributed by atoms with Crippen LogP contribution >= 0.6 is 0 Å². The van der Waals surface area contributed by atoms with Crippen LogP contribution < -0.4 is 32.3 Å². The molecular formula is C86H126N12O13. The number of piperidine rings is 1. The third kappa shape index (κ3) is 21.5. The molecular weight excluding hydrogens is 1410 g/mol.